The summed E-state index contributed by atoms with van der Waals surface area (Å²) in [6.45, 7) is 4.22. The fourth-order valence-corrected chi connectivity index (χ4v) is 7.02. The Morgan fingerprint density at radius 2 is 0.911 bits per heavy atom. The molecular weight excluding hydrogens is 725 g/mol. The van der Waals surface area contributed by atoms with Crippen molar-refractivity contribution in [2.24, 2.45) is 0 Å². The van der Waals surface area contributed by atoms with E-state index < -0.39 is 26.5 Å². The highest BCUT2D eigenvalue weighted by molar-refractivity contribution is 7.45. The molecular formula is C46H88NO8P. The Morgan fingerprint density at radius 3 is 1.32 bits per heavy atom. The van der Waals surface area contributed by atoms with Crippen molar-refractivity contribution >= 4 is 19.8 Å². The minimum absolute atomic E-state index is 0.0318. The number of allylic oxidation sites excluding steroid dienone is 4. The van der Waals surface area contributed by atoms with Crippen molar-refractivity contribution in [1.82, 2.24) is 0 Å². The number of quaternary nitrogens is 1. The molecule has 0 aromatic heterocycles. The molecule has 0 fully saturated rings. The predicted molar refractivity (Wildman–Crippen MR) is 231 cm³/mol. The molecule has 0 rings (SSSR count). The number of phosphoric acid groups is 1. The highest BCUT2D eigenvalue weighted by Gasteiger charge is 2.21. The van der Waals surface area contributed by atoms with E-state index in [1.165, 1.54) is 109 Å². The van der Waals surface area contributed by atoms with E-state index in [0.717, 1.165) is 64.2 Å². The van der Waals surface area contributed by atoms with Crippen LogP contribution >= 0.6 is 7.82 Å². The van der Waals surface area contributed by atoms with Crippen molar-refractivity contribution < 1.29 is 42.1 Å². The van der Waals surface area contributed by atoms with E-state index in [4.69, 9.17) is 18.5 Å². The summed E-state index contributed by atoms with van der Waals surface area (Å²) < 4.78 is 33.9. The number of ether oxygens (including phenoxy) is 2. The molecule has 0 saturated carbocycles. The molecule has 56 heavy (non-hydrogen) atoms. The van der Waals surface area contributed by atoms with Crippen molar-refractivity contribution in [3.63, 3.8) is 0 Å². The second-order valence-electron chi connectivity index (χ2n) is 16.8. The molecule has 1 unspecified atom stereocenters. The van der Waals surface area contributed by atoms with Gasteiger partial charge in [0.1, 0.15) is 19.8 Å². The van der Waals surface area contributed by atoms with Crippen LogP contribution in [0.2, 0.25) is 0 Å². The quantitative estimate of drug-likeness (QED) is 0.0197. The van der Waals surface area contributed by atoms with Gasteiger partial charge >= 0.3 is 11.9 Å². The average molecular weight is 814 g/mol. The standard InChI is InChI=1S/C46H88NO8P/c1-6-8-10-12-14-16-18-20-22-23-25-26-28-30-32-34-36-38-45(48)52-42-44(43-54-56(50,51)53-41-40-47(3,4)5)55-46(49)39-37-35-33-31-29-27-24-21-19-17-15-13-11-9-7-2/h20-22,24,44H,6-19,23,25-43H2,1-5H3/b22-20+,24-21+/t44-/m1/s1. The summed E-state index contributed by atoms with van der Waals surface area (Å²) in [7, 11) is 1.16. The molecule has 0 aliphatic rings. The smallest absolute Gasteiger partial charge is 0.306 e. The Kier molecular flexibility index (Phi) is 37.9. The zero-order chi connectivity index (χ0) is 41.4. The number of carbonyl (C=O) groups excluding carboxylic acids is 2. The first-order valence-corrected chi connectivity index (χ1v) is 24.5. The lowest BCUT2D eigenvalue weighted by atomic mass is 10.1. The number of phosphoric ester groups is 1. The molecule has 0 spiro atoms. The van der Waals surface area contributed by atoms with Gasteiger partial charge in [0.25, 0.3) is 7.82 Å². The molecule has 0 saturated heterocycles. The van der Waals surface area contributed by atoms with Crippen molar-refractivity contribution in [2.75, 3.05) is 47.5 Å². The van der Waals surface area contributed by atoms with Crippen molar-refractivity contribution in [3.05, 3.63) is 24.3 Å². The maximum absolute atomic E-state index is 12.7. The Morgan fingerprint density at radius 1 is 0.536 bits per heavy atom. The van der Waals surface area contributed by atoms with E-state index >= 15 is 0 Å². The van der Waals surface area contributed by atoms with Gasteiger partial charge in [-0.1, -0.05) is 154 Å². The van der Waals surface area contributed by atoms with Crippen LogP contribution in [0.15, 0.2) is 24.3 Å². The first-order chi connectivity index (χ1) is 27.0. The molecule has 330 valence electrons. The predicted octanol–water partition coefficient (Wildman–Crippen LogP) is 12.5. The normalized spacial score (nSPS) is 13.8. The van der Waals surface area contributed by atoms with Crippen LogP contribution in [0.1, 0.15) is 206 Å². The van der Waals surface area contributed by atoms with Crippen molar-refractivity contribution in [2.45, 2.75) is 213 Å². The fraction of sp³-hybridized carbons (Fsp3) is 0.870. The lowest BCUT2D eigenvalue weighted by Gasteiger charge is -2.28. The second-order valence-corrected chi connectivity index (χ2v) is 18.2. The van der Waals surface area contributed by atoms with Crippen LogP contribution in [0.5, 0.6) is 0 Å². The Labute approximate surface area is 345 Å². The topological polar surface area (TPSA) is 111 Å². The zero-order valence-electron chi connectivity index (χ0n) is 37.1. The maximum atomic E-state index is 12.7. The number of hydrogen-bond donors (Lipinski definition) is 0. The van der Waals surface area contributed by atoms with Gasteiger partial charge in [0, 0.05) is 12.8 Å². The summed E-state index contributed by atoms with van der Waals surface area (Å²) in [4.78, 5) is 37.6. The second kappa shape index (κ2) is 39.0. The van der Waals surface area contributed by atoms with Crippen LogP contribution in [0.25, 0.3) is 0 Å². The monoisotopic (exact) mass is 814 g/mol. The van der Waals surface area contributed by atoms with Crippen molar-refractivity contribution in [1.29, 1.82) is 0 Å². The lowest BCUT2D eigenvalue weighted by molar-refractivity contribution is -0.870. The van der Waals surface area contributed by atoms with Crippen LogP contribution in [0, 0.1) is 0 Å². The Hall–Kier alpha value is -1.51. The molecule has 0 aliphatic carbocycles. The fourth-order valence-electron chi connectivity index (χ4n) is 6.29. The molecule has 0 aromatic rings. The zero-order valence-corrected chi connectivity index (χ0v) is 38.0. The van der Waals surface area contributed by atoms with Crippen LogP contribution in [-0.2, 0) is 32.7 Å². The van der Waals surface area contributed by atoms with Gasteiger partial charge in [-0.25, -0.2) is 0 Å². The van der Waals surface area contributed by atoms with Gasteiger partial charge in [0.15, 0.2) is 6.10 Å². The number of unbranched alkanes of at least 4 members (excludes halogenated alkanes) is 24. The summed E-state index contributed by atoms with van der Waals surface area (Å²) in [5.41, 5.74) is 0. The Bertz CT molecular complexity index is 1010. The molecule has 2 atom stereocenters. The molecule has 0 N–H and O–H groups in total. The maximum Gasteiger partial charge on any atom is 0.306 e. The number of carbonyl (C=O) groups is 2. The number of likely N-dealkylation sites (N-methyl/N-ethyl adjacent to an activating group) is 1. The highest BCUT2D eigenvalue weighted by atomic mass is 31.2. The lowest BCUT2D eigenvalue weighted by Crippen LogP contribution is -2.37. The van der Waals surface area contributed by atoms with Gasteiger partial charge in [-0.05, 0) is 64.2 Å². The van der Waals surface area contributed by atoms with E-state index in [9.17, 15) is 19.0 Å². The van der Waals surface area contributed by atoms with Gasteiger partial charge in [-0.15, -0.1) is 0 Å². The van der Waals surface area contributed by atoms with Gasteiger partial charge in [-0.3, -0.25) is 14.2 Å². The summed E-state index contributed by atoms with van der Waals surface area (Å²) in [6.07, 6.45) is 42.0. The van der Waals surface area contributed by atoms with E-state index in [0.29, 0.717) is 17.4 Å². The summed E-state index contributed by atoms with van der Waals surface area (Å²) in [6, 6.07) is 0. The summed E-state index contributed by atoms with van der Waals surface area (Å²) >= 11 is 0. The molecule has 10 heteroatoms. The minimum Gasteiger partial charge on any atom is -0.756 e. The summed E-state index contributed by atoms with van der Waals surface area (Å²) in [5.74, 6) is -0.844. The van der Waals surface area contributed by atoms with E-state index in [1.807, 2.05) is 21.1 Å². The SMILES string of the molecule is CCCCCCCC/C=C/CCCCCCCCCC(=O)OC[C@H](COP(=O)([O-])OCC[N+](C)(C)C)OC(=O)CCCCCCC/C=C/CCCCCCCC. The molecule has 0 heterocycles. The van der Waals surface area contributed by atoms with Crippen LogP contribution < -0.4 is 4.89 Å². The van der Waals surface area contributed by atoms with Gasteiger partial charge in [-0.2, -0.15) is 0 Å². The third kappa shape index (κ3) is 42.1. The van der Waals surface area contributed by atoms with Crippen LogP contribution in [0.4, 0.5) is 0 Å². The first-order valence-electron chi connectivity index (χ1n) is 23.0. The van der Waals surface area contributed by atoms with Gasteiger partial charge in [0.05, 0.1) is 27.7 Å². The van der Waals surface area contributed by atoms with Crippen LogP contribution in [0.3, 0.4) is 0 Å². The molecule has 0 radical (unpaired) electrons. The van der Waals surface area contributed by atoms with Gasteiger partial charge in [0.2, 0.25) is 0 Å². The molecule has 0 aliphatic heterocycles. The largest absolute Gasteiger partial charge is 0.756 e. The molecule has 0 bridgehead atoms. The number of nitrogens with zero attached hydrogens (tertiary/aromatic N) is 1. The summed E-state index contributed by atoms with van der Waals surface area (Å²) in [5, 5.41) is 0. The molecule has 9 nitrogen and oxygen atoms in total. The number of hydrogen-bond acceptors (Lipinski definition) is 8. The molecule has 0 aromatic carbocycles. The highest BCUT2D eigenvalue weighted by Crippen LogP contribution is 2.38. The Balaban J connectivity index is 4.33. The van der Waals surface area contributed by atoms with E-state index in [-0.39, 0.29) is 32.0 Å². The number of esters is 2. The van der Waals surface area contributed by atoms with Crippen LogP contribution in [-0.4, -0.2) is 70.0 Å². The minimum atomic E-state index is -4.63. The average Bonchev–Trinajstić information content (AvgIpc) is 3.15. The van der Waals surface area contributed by atoms with Crippen molar-refractivity contribution in [3.8, 4) is 0 Å². The third-order valence-corrected chi connectivity index (χ3v) is 10.9. The molecule has 0 amide bonds. The van der Waals surface area contributed by atoms with E-state index in [2.05, 4.69) is 38.2 Å². The van der Waals surface area contributed by atoms with Gasteiger partial charge < -0.3 is 27.9 Å². The number of rotatable bonds is 42. The third-order valence-electron chi connectivity index (χ3n) is 9.94. The van der Waals surface area contributed by atoms with E-state index in [1.54, 1.807) is 0 Å². The first kappa shape index (κ1) is 54.5.